The highest BCUT2D eigenvalue weighted by Crippen LogP contribution is 2.28. The van der Waals surface area contributed by atoms with Gasteiger partial charge in [0.1, 0.15) is 9.71 Å². The molecule has 0 fully saturated rings. The van der Waals surface area contributed by atoms with Crippen LogP contribution in [-0.2, 0) is 27.9 Å². The Morgan fingerprint density at radius 2 is 2.14 bits per heavy atom. The Kier molecular flexibility index (Phi) is 6.65. The summed E-state index contributed by atoms with van der Waals surface area (Å²) < 4.78 is 6.89. The first-order valence-corrected chi connectivity index (χ1v) is 10.8. The van der Waals surface area contributed by atoms with Crippen molar-refractivity contribution in [2.75, 3.05) is 19.7 Å². The molecule has 3 rings (SSSR count). The Bertz CT molecular complexity index is 988. The van der Waals surface area contributed by atoms with Gasteiger partial charge in [0.25, 0.3) is 5.91 Å². The van der Waals surface area contributed by atoms with Gasteiger partial charge in [-0.25, -0.2) is 4.79 Å². The number of nitrogens with zero attached hydrogens (tertiary/aromatic N) is 3. The molecule has 2 amide bonds. The van der Waals surface area contributed by atoms with Crippen molar-refractivity contribution in [2.24, 2.45) is 7.05 Å². The van der Waals surface area contributed by atoms with Crippen molar-refractivity contribution in [1.29, 1.82) is 0 Å². The van der Waals surface area contributed by atoms with Crippen molar-refractivity contribution in [2.45, 2.75) is 20.4 Å². The van der Waals surface area contributed by atoms with Gasteiger partial charge in [0.2, 0.25) is 5.91 Å². The van der Waals surface area contributed by atoms with E-state index in [1.54, 1.807) is 29.0 Å². The van der Waals surface area contributed by atoms with Crippen molar-refractivity contribution < 1.29 is 19.1 Å². The van der Waals surface area contributed by atoms with E-state index >= 15 is 0 Å². The number of carbonyl (C=O) groups is 3. The summed E-state index contributed by atoms with van der Waals surface area (Å²) in [5.41, 5.74) is 0.833. The monoisotopic (exact) mass is 434 g/mol. The molecule has 3 aromatic heterocycles. The Hall–Kier alpha value is -2.72. The van der Waals surface area contributed by atoms with E-state index in [0.29, 0.717) is 18.0 Å². The van der Waals surface area contributed by atoms with E-state index in [1.807, 2.05) is 31.5 Å². The number of aryl methyl sites for hydroxylation is 2. The van der Waals surface area contributed by atoms with Crippen LogP contribution in [0.15, 0.2) is 23.6 Å². The molecule has 3 heterocycles. The van der Waals surface area contributed by atoms with Crippen LogP contribution in [-0.4, -0.2) is 52.2 Å². The van der Waals surface area contributed by atoms with Crippen LogP contribution < -0.4 is 5.32 Å². The lowest BCUT2D eigenvalue weighted by Crippen LogP contribution is -2.42. The van der Waals surface area contributed by atoms with E-state index in [-0.39, 0.29) is 12.5 Å². The molecular weight excluding hydrogens is 412 g/mol. The van der Waals surface area contributed by atoms with Gasteiger partial charge in [-0.2, -0.15) is 5.10 Å². The summed E-state index contributed by atoms with van der Waals surface area (Å²) in [5.74, 6) is -1.23. The Morgan fingerprint density at radius 3 is 2.79 bits per heavy atom. The summed E-state index contributed by atoms with van der Waals surface area (Å²) in [7, 11) is 1.81. The topological polar surface area (TPSA) is 93.5 Å². The first-order valence-electron chi connectivity index (χ1n) is 9.06. The molecule has 0 aliphatic heterocycles. The molecule has 0 saturated heterocycles. The number of esters is 1. The number of hydrogen-bond acceptors (Lipinski definition) is 7. The van der Waals surface area contributed by atoms with E-state index in [0.717, 1.165) is 20.8 Å². The van der Waals surface area contributed by atoms with E-state index in [9.17, 15) is 14.4 Å². The van der Waals surface area contributed by atoms with Gasteiger partial charge >= 0.3 is 5.97 Å². The van der Waals surface area contributed by atoms with Crippen molar-refractivity contribution in [3.05, 3.63) is 39.0 Å². The quantitative estimate of drug-likeness (QED) is 0.549. The lowest BCUT2D eigenvalue weighted by molar-refractivity contribution is -0.138. The number of rotatable bonds is 8. The fraction of sp³-hybridized carbons (Fsp3) is 0.368. The van der Waals surface area contributed by atoms with Crippen molar-refractivity contribution in [1.82, 2.24) is 20.0 Å². The second-order valence-electron chi connectivity index (χ2n) is 6.38. The van der Waals surface area contributed by atoms with Gasteiger partial charge in [0, 0.05) is 23.9 Å². The number of thiophene rings is 2. The molecule has 29 heavy (non-hydrogen) atoms. The highest BCUT2D eigenvalue weighted by molar-refractivity contribution is 7.20. The maximum Gasteiger partial charge on any atom is 0.348 e. The smallest absolute Gasteiger partial charge is 0.348 e. The second kappa shape index (κ2) is 9.19. The number of amides is 2. The summed E-state index contributed by atoms with van der Waals surface area (Å²) >= 11 is 2.82. The van der Waals surface area contributed by atoms with Gasteiger partial charge in [-0.1, -0.05) is 6.07 Å². The number of nitrogens with one attached hydrogen (secondary N) is 1. The van der Waals surface area contributed by atoms with Crippen LogP contribution in [0.3, 0.4) is 0 Å². The van der Waals surface area contributed by atoms with Crippen LogP contribution in [0.25, 0.3) is 10.2 Å². The van der Waals surface area contributed by atoms with E-state index < -0.39 is 18.5 Å². The maximum absolute atomic E-state index is 12.4. The molecule has 0 atom stereocenters. The lowest BCUT2D eigenvalue weighted by Gasteiger charge is -2.20. The molecule has 154 valence electrons. The number of likely N-dealkylation sites (N-methyl/N-ethyl adjacent to an activating group) is 1. The predicted octanol–water partition coefficient (Wildman–Crippen LogP) is 2.33. The maximum atomic E-state index is 12.4. The third-order valence-electron chi connectivity index (χ3n) is 4.33. The third kappa shape index (κ3) is 5.01. The largest absolute Gasteiger partial charge is 0.451 e. The van der Waals surface area contributed by atoms with Crippen LogP contribution in [0.5, 0.6) is 0 Å². The van der Waals surface area contributed by atoms with Crippen LogP contribution in [0.1, 0.15) is 27.2 Å². The normalized spacial score (nSPS) is 10.9. The molecule has 10 heteroatoms. The SMILES string of the molecule is CCN(CC(=O)NCc1cccs1)C(=O)COC(=O)c1cc2c(C)nn(C)c2s1. The molecule has 0 aliphatic carbocycles. The zero-order chi connectivity index (χ0) is 21.0. The van der Waals surface area contributed by atoms with Gasteiger partial charge in [0.05, 0.1) is 18.8 Å². The lowest BCUT2D eigenvalue weighted by atomic mass is 10.3. The molecule has 3 aromatic rings. The zero-order valence-corrected chi connectivity index (χ0v) is 18.1. The highest BCUT2D eigenvalue weighted by atomic mass is 32.1. The average molecular weight is 435 g/mol. The minimum atomic E-state index is -0.558. The van der Waals surface area contributed by atoms with Gasteiger partial charge in [-0.3, -0.25) is 14.3 Å². The minimum Gasteiger partial charge on any atom is -0.451 e. The molecule has 0 radical (unpaired) electrons. The first-order chi connectivity index (χ1) is 13.9. The van der Waals surface area contributed by atoms with E-state index in [4.69, 9.17) is 4.74 Å². The van der Waals surface area contributed by atoms with Gasteiger partial charge in [-0.05, 0) is 31.4 Å². The molecule has 1 N–H and O–H groups in total. The fourth-order valence-corrected chi connectivity index (χ4v) is 4.46. The number of aromatic nitrogens is 2. The minimum absolute atomic E-state index is 0.0774. The molecule has 0 aliphatic rings. The Morgan fingerprint density at radius 1 is 1.34 bits per heavy atom. The van der Waals surface area contributed by atoms with Gasteiger partial charge < -0.3 is 15.0 Å². The van der Waals surface area contributed by atoms with Crippen molar-refractivity contribution in [3.8, 4) is 0 Å². The van der Waals surface area contributed by atoms with Crippen LogP contribution >= 0.6 is 22.7 Å². The molecule has 0 spiro atoms. The summed E-state index contributed by atoms with van der Waals surface area (Å²) in [6.45, 7) is 3.93. The summed E-state index contributed by atoms with van der Waals surface area (Å²) in [6.07, 6.45) is 0. The predicted molar refractivity (Wildman–Crippen MR) is 112 cm³/mol. The number of ether oxygens (including phenoxy) is 1. The molecule has 0 unspecified atom stereocenters. The number of hydrogen-bond donors (Lipinski definition) is 1. The van der Waals surface area contributed by atoms with E-state index in [2.05, 4.69) is 10.4 Å². The zero-order valence-electron chi connectivity index (χ0n) is 16.4. The van der Waals surface area contributed by atoms with Crippen LogP contribution in [0.2, 0.25) is 0 Å². The van der Waals surface area contributed by atoms with Crippen LogP contribution in [0, 0.1) is 6.92 Å². The average Bonchev–Trinajstić information content (AvgIpc) is 3.42. The molecule has 0 saturated carbocycles. The van der Waals surface area contributed by atoms with Crippen molar-refractivity contribution >= 4 is 50.7 Å². The molecule has 0 bridgehead atoms. The summed E-state index contributed by atoms with van der Waals surface area (Å²) in [5, 5.41) is 9.91. The van der Waals surface area contributed by atoms with Gasteiger partial charge in [0.15, 0.2) is 6.61 Å². The Labute approximate surface area is 176 Å². The van der Waals surface area contributed by atoms with Gasteiger partial charge in [-0.15, -0.1) is 22.7 Å². The van der Waals surface area contributed by atoms with Crippen LogP contribution in [0.4, 0.5) is 0 Å². The van der Waals surface area contributed by atoms with E-state index in [1.165, 1.54) is 16.2 Å². The summed E-state index contributed by atoms with van der Waals surface area (Å²) in [4.78, 5) is 40.5. The molecule has 0 aromatic carbocycles. The summed E-state index contributed by atoms with van der Waals surface area (Å²) in [6, 6.07) is 5.57. The highest BCUT2D eigenvalue weighted by Gasteiger charge is 2.20. The van der Waals surface area contributed by atoms with Crippen molar-refractivity contribution in [3.63, 3.8) is 0 Å². The first kappa shape index (κ1) is 21.0. The fourth-order valence-electron chi connectivity index (χ4n) is 2.80. The molecular formula is C19H22N4O4S2. The molecule has 8 nitrogen and oxygen atoms in total. The number of fused-ring (bicyclic) bond motifs is 1. The number of carbonyl (C=O) groups excluding carboxylic acids is 3. The third-order valence-corrected chi connectivity index (χ3v) is 6.39. The Balaban J connectivity index is 1.51. The second-order valence-corrected chi connectivity index (χ2v) is 8.44. The standard InChI is InChI=1S/C19H22N4O4S2/c1-4-23(10-16(24)20-9-13-6-5-7-28-13)17(25)11-27-19(26)15-8-14-12(2)21-22(3)18(14)29-15/h5-8H,4,9-11H2,1-3H3,(H,20,24).